The molecule has 23 heavy (non-hydrogen) atoms. The van der Waals surface area contributed by atoms with Gasteiger partial charge in [0.2, 0.25) is 0 Å². The lowest BCUT2D eigenvalue weighted by Crippen LogP contribution is -2.40. The number of carbonyl (C=O) groups is 1. The molecule has 0 unspecified atom stereocenters. The van der Waals surface area contributed by atoms with E-state index in [-0.39, 0.29) is 11.9 Å². The van der Waals surface area contributed by atoms with E-state index in [9.17, 15) is 4.79 Å². The van der Waals surface area contributed by atoms with Crippen molar-refractivity contribution >= 4 is 17.5 Å². The van der Waals surface area contributed by atoms with Gasteiger partial charge in [0.05, 0.1) is 12.3 Å². The highest BCUT2D eigenvalue weighted by Gasteiger charge is 2.20. The Kier molecular flexibility index (Phi) is 6.07. The van der Waals surface area contributed by atoms with Crippen molar-refractivity contribution in [2.75, 3.05) is 20.6 Å². The molecule has 5 nitrogen and oxygen atoms in total. The molecule has 0 spiro atoms. The predicted octanol–water partition coefficient (Wildman–Crippen LogP) is 3.12. The Morgan fingerprint density at radius 3 is 2.74 bits per heavy atom. The van der Waals surface area contributed by atoms with Crippen LogP contribution in [0, 0.1) is 0 Å². The number of nitrogens with zero attached hydrogens (tertiary/aromatic N) is 1. The van der Waals surface area contributed by atoms with Gasteiger partial charge < -0.3 is 14.5 Å². The van der Waals surface area contributed by atoms with Crippen LogP contribution in [0.3, 0.4) is 0 Å². The van der Waals surface area contributed by atoms with Crippen LogP contribution in [0.4, 0.5) is 0 Å². The summed E-state index contributed by atoms with van der Waals surface area (Å²) in [4.78, 5) is 14.2. The molecule has 0 saturated carbocycles. The summed E-state index contributed by atoms with van der Waals surface area (Å²) in [6, 6.07) is 10.7. The smallest absolute Gasteiger partial charge is 0.260 e. The molecule has 2 aromatic rings. The fourth-order valence-corrected chi connectivity index (χ4v) is 2.34. The maximum absolute atomic E-state index is 12.2. The van der Waals surface area contributed by atoms with Gasteiger partial charge in [-0.2, -0.15) is 0 Å². The van der Waals surface area contributed by atoms with Crippen molar-refractivity contribution < 1.29 is 13.9 Å². The number of hydrogen-bond acceptors (Lipinski definition) is 4. The number of hydrogen-bond donors (Lipinski definition) is 1. The van der Waals surface area contributed by atoms with E-state index in [2.05, 4.69) is 5.32 Å². The fraction of sp³-hybridized carbons (Fsp3) is 0.353. The van der Waals surface area contributed by atoms with E-state index in [1.807, 2.05) is 31.1 Å². The fourth-order valence-electron chi connectivity index (χ4n) is 2.16. The second kappa shape index (κ2) is 8.04. The second-order valence-corrected chi connectivity index (χ2v) is 5.89. The first kappa shape index (κ1) is 17.4. The van der Waals surface area contributed by atoms with Crippen LogP contribution in [-0.4, -0.2) is 37.6 Å². The van der Waals surface area contributed by atoms with E-state index in [4.69, 9.17) is 20.8 Å². The van der Waals surface area contributed by atoms with Gasteiger partial charge in [-0.05, 0) is 51.4 Å². The first-order valence-corrected chi connectivity index (χ1v) is 7.75. The zero-order chi connectivity index (χ0) is 16.8. The molecule has 1 aromatic heterocycles. The van der Waals surface area contributed by atoms with Crippen LogP contribution < -0.4 is 10.1 Å². The Balaban J connectivity index is 1.90. The topological polar surface area (TPSA) is 54.7 Å². The van der Waals surface area contributed by atoms with Crippen LogP contribution in [0.5, 0.6) is 5.75 Å². The molecule has 1 N–H and O–H groups in total. The molecule has 0 saturated heterocycles. The molecule has 0 aliphatic carbocycles. The number of rotatable bonds is 7. The van der Waals surface area contributed by atoms with Crippen LogP contribution in [-0.2, 0) is 4.79 Å². The van der Waals surface area contributed by atoms with Gasteiger partial charge >= 0.3 is 0 Å². The Morgan fingerprint density at radius 1 is 1.35 bits per heavy atom. The lowest BCUT2D eigenvalue weighted by atomic mass is 10.2. The molecule has 0 fully saturated rings. The molecule has 2 rings (SSSR count). The summed E-state index contributed by atoms with van der Waals surface area (Å²) >= 11 is 5.91. The average molecular weight is 337 g/mol. The van der Waals surface area contributed by atoms with E-state index in [0.29, 0.717) is 17.3 Å². The first-order chi connectivity index (χ1) is 11.0. The second-order valence-electron chi connectivity index (χ2n) is 5.46. The highest BCUT2D eigenvalue weighted by atomic mass is 35.5. The molecule has 6 heteroatoms. The maximum atomic E-state index is 12.2. The van der Waals surface area contributed by atoms with Crippen molar-refractivity contribution in [3.8, 4) is 5.75 Å². The number of benzene rings is 1. The van der Waals surface area contributed by atoms with Gasteiger partial charge in [-0.1, -0.05) is 17.7 Å². The highest BCUT2D eigenvalue weighted by Crippen LogP contribution is 2.19. The molecule has 1 heterocycles. The molecule has 0 aliphatic rings. The Hall–Kier alpha value is -1.98. The minimum atomic E-state index is -0.618. The monoisotopic (exact) mass is 336 g/mol. The normalized spacial score (nSPS) is 13.6. The van der Waals surface area contributed by atoms with Crippen molar-refractivity contribution in [3.63, 3.8) is 0 Å². The SMILES string of the molecule is C[C@H](Oc1cccc(Cl)c1)C(=O)NC[C@@H](c1ccco1)N(C)C. The third-order valence-corrected chi connectivity index (χ3v) is 3.68. The minimum absolute atomic E-state index is 0.0349. The average Bonchev–Trinajstić information content (AvgIpc) is 3.01. The molecule has 0 bridgehead atoms. The maximum Gasteiger partial charge on any atom is 0.260 e. The van der Waals surface area contributed by atoms with E-state index < -0.39 is 6.10 Å². The molecule has 1 aromatic carbocycles. The molecule has 0 radical (unpaired) electrons. The molecule has 124 valence electrons. The van der Waals surface area contributed by atoms with Crippen LogP contribution in [0.2, 0.25) is 5.02 Å². The summed E-state index contributed by atoms with van der Waals surface area (Å²) in [7, 11) is 3.87. The van der Waals surface area contributed by atoms with E-state index in [0.717, 1.165) is 5.76 Å². The van der Waals surface area contributed by atoms with Gasteiger partial charge in [0.25, 0.3) is 5.91 Å². The number of furan rings is 1. The molecule has 0 aliphatic heterocycles. The first-order valence-electron chi connectivity index (χ1n) is 7.37. The number of likely N-dealkylation sites (N-methyl/N-ethyl adjacent to an activating group) is 1. The molecular weight excluding hydrogens is 316 g/mol. The summed E-state index contributed by atoms with van der Waals surface area (Å²) < 4.78 is 11.0. The van der Waals surface area contributed by atoms with Crippen molar-refractivity contribution in [2.24, 2.45) is 0 Å². The molecular formula is C17H21ClN2O3. The number of halogens is 1. The van der Waals surface area contributed by atoms with Gasteiger partial charge in [0.1, 0.15) is 11.5 Å². The Labute approximate surface area is 141 Å². The third kappa shape index (κ3) is 5.01. The van der Waals surface area contributed by atoms with Crippen LogP contribution in [0.1, 0.15) is 18.7 Å². The largest absolute Gasteiger partial charge is 0.481 e. The lowest BCUT2D eigenvalue weighted by molar-refractivity contribution is -0.127. The lowest BCUT2D eigenvalue weighted by Gasteiger charge is -2.23. The van der Waals surface area contributed by atoms with Crippen molar-refractivity contribution in [2.45, 2.75) is 19.1 Å². The van der Waals surface area contributed by atoms with E-state index >= 15 is 0 Å². The van der Waals surface area contributed by atoms with Crippen LogP contribution in [0.25, 0.3) is 0 Å². The van der Waals surface area contributed by atoms with E-state index in [1.54, 1.807) is 37.5 Å². The Bertz CT molecular complexity index is 629. The number of amides is 1. The summed E-state index contributed by atoms with van der Waals surface area (Å²) in [5.74, 6) is 1.18. The summed E-state index contributed by atoms with van der Waals surface area (Å²) in [6.07, 6.45) is 1.01. The zero-order valence-electron chi connectivity index (χ0n) is 13.5. The van der Waals surface area contributed by atoms with Crippen molar-refractivity contribution in [1.29, 1.82) is 0 Å². The molecule has 1 amide bonds. The van der Waals surface area contributed by atoms with E-state index in [1.165, 1.54) is 0 Å². The number of nitrogens with one attached hydrogen (secondary N) is 1. The molecule has 2 atom stereocenters. The number of ether oxygens (including phenoxy) is 1. The van der Waals surface area contributed by atoms with Crippen molar-refractivity contribution in [1.82, 2.24) is 10.2 Å². The standard InChI is InChI=1S/C17H21ClN2O3/c1-12(23-14-7-4-6-13(18)10-14)17(21)19-11-15(20(2)3)16-8-5-9-22-16/h4-10,12,15H,11H2,1-3H3,(H,19,21)/t12-,15-/m0/s1. The zero-order valence-corrected chi connectivity index (χ0v) is 14.2. The van der Waals surface area contributed by atoms with Gasteiger partial charge in [0.15, 0.2) is 6.10 Å². The third-order valence-electron chi connectivity index (χ3n) is 3.44. The van der Waals surface area contributed by atoms with Gasteiger partial charge in [-0.3, -0.25) is 9.69 Å². The van der Waals surface area contributed by atoms with Crippen LogP contribution in [0.15, 0.2) is 47.1 Å². The number of carbonyl (C=O) groups excluding carboxylic acids is 1. The van der Waals surface area contributed by atoms with Gasteiger partial charge in [0, 0.05) is 11.6 Å². The minimum Gasteiger partial charge on any atom is -0.481 e. The predicted molar refractivity (Wildman–Crippen MR) is 89.7 cm³/mol. The van der Waals surface area contributed by atoms with Gasteiger partial charge in [-0.15, -0.1) is 0 Å². The Morgan fingerprint density at radius 2 is 2.13 bits per heavy atom. The highest BCUT2D eigenvalue weighted by molar-refractivity contribution is 6.30. The van der Waals surface area contributed by atoms with Gasteiger partial charge in [-0.25, -0.2) is 0 Å². The summed E-state index contributed by atoms with van der Waals surface area (Å²) in [5, 5.41) is 3.46. The summed E-state index contributed by atoms with van der Waals surface area (Å²) in [5.41, 5.74) is 0. The summed E-state index contributed by atoms with van der Waals surface area (Å²) in [6.45, 7) is 2.14. The van der Waals surface area contributed by atoms with Crippen molar-refractivity contribution in [3.05, 3.63) is 53.4 Å². The van der Waals surface area contributed by atoms with Crippen LogP contribution >= 0.6 is 11.6 Å². The quantitative estimate of drug-likeness (QED) is 0.844.